The number of rotatable bonds is 4. The van der Waals surface area contributed by atoms with Gasteiger partial charge in [0.2, 0.25) is 5.76 Å². The Morgan fingerprint density at radius 1 is 1.19 bits per heavy atom. The third-order valence-corrected chi connectivity index (χ3v) is 2.48. The summed E-state index contributed by atoms with van der Waals surface area (Å²) in [4.78, 5) is 33.6. The molecule has 0 bridgehead atoms. The Morgan fingerprint density at radius 2 is 1.86 bits per heavy atom. The molecule has 0 amide bonds. The van der Waals surface area contributed by atoms with E-state index in [0.717, 1.165) is 14.0 Å². The van der Waals surface area contributed by atoms with Gasteiger partial charge in [-0.3, -0.25) is 9.59 Å². The zero-order valence-electron chi connectivity index (χ0n) is 12.3. The molecule has 1 rings (SSSR count). The Hall–Kier alpha value is -1.93. The van der Waals surface area contributed by atoms with Crippen LogP contribution in [0.25, 0.3) is 0 Å². The van der Waals surface area contributed by atoms with Gasteiger partial charge in [0, 0.05) is 13.8 Å². The minimum absolute atomic E-state index is 0.0937. The standard InChI is InChI=1S/C13H18O8/c1-7(14)19-11(13(16)17-4)5-10-12(20-8(2)15)6-18-9(3)21-10/h5,9-10,12H,6H2,1-4H3/b11-5-/t9-,10+,12-/m1/s1. The molecule has 1 saturated heterocycles. The van der Waals surface area contributed by atoms with E-state index in [4.69, 9.17) is 18.9 Å². The molecular weight excluding hydrogens is 284 g/mol. The second-order valence-electron chi connectivity index (χ2n) is 4.27. The van der Waals surface area contributed by atoms with E-state index in [9.17, 15) is 14.4 Å². The van der Waals surface area contributed by atoms with Crippen molar-refractivity contribution in [3.63, 3.8) is 0 Å². The molecule has 1 aliphatic rings. The summed E-state index contributed by atoms with van der Waals surface area (Å²) < 4.78 is 25.0. The summed E-state index contributed by atoms with van der Waals surface area (Å²) in [5.74, 6) is -2.38. The van der Waals surface area contributed by atoms with Gasteiger partial charge < -0.3 is 23.7 Å². The molecule has 0 saturated carbocycles. The van der Waals surface area contributed by atoms with E-state index in [0.29, 0.717) is 0 Å². The third-order valence-electron chi connectivity index (χ3n) is 2.48. The quantitative estimate of drug-likeness (QED) is 0.316. The van der Waals surface area contributed by atoms with Crippen LogP contribution < -0.4 is 0 Å². The lowest BCUT2D eigenvalue weighted by molar-refractivity contribution is -0.239. The maximum atomic E-state index is 11.6. The van der Waals surface area contributed by atoms with Crippen molar-refractivity contribution in [2.75, 3.05) is 13.7 Å². The highest BCUT2D eigenvalue weighted by atomic mass is 16.7. The van der Waals surface area contributed by atoms with Crippen LogP contribution in [0.2, 0.25) is 0 Å². The van der Waals surface area contributed by atoms with Crippen molar-refractivity contribution >= 4 is 17.9 Å². The molecule has 0 aromatic carbocycles. The SMILES string of the molecule is COC(=O)/C(=C/[C@@H]1O[C@H](C)OC[C@H]1OC(C)=O)OC(C)=O. The van der Waals surface area contributed by atoms with Crippen molar-refractivity contribution in [2.24, 2.45) is 0 Å². The van der Waals surface area contributed by atoms with Crippen LogP contribution in [0.4, 0.5) is 0 Å². The number of methoxy groups -OCH3 is 1. The van der Waals surface area contributed by atoms with Crippen molar-refractivity contribution in [1.29, 1.82) is 0 Å². The molecule has 8 nitrogen and oxygen atoms in total. The lowest BCUT2D eigenvalue weighted by Crippen LogP contribution is -2.44. The summed E-state index contributed by atoms with van der Waals surface area (Å²) >= 11 is 0. The summed E-state index contributed by atoms with van der Waals surface area (Å²) in [5.41, 5.74) is 0. The minimum atomic E-state index is -0.838. The summed E-state index contributed by atoms with van der Waals surface area (Å²) in [5, 5.41) is 0. The van der Waals surface area contributed by atoms with Gasteiger partial charge in [-0.1, -0.05) is 0 Å². The number of carbonyl (C=O) groups excluding carboxylic acids is 3. The van der Waals surface area contributed by atoms with Gasteiger partial charge in [-0.2, -0.15) is 0 Å². The number of esters is 3. The molecule has 0 N–H and O–H groups in total. The van der Waals surface area contributed by atoms with Gasteiger partial charge in [-0.25, -0.2) is 4.79 Å². The molecular formula is C13H18O8. The van der Waals surface area contributed by atoms with E-state index in [2.05, 4.69) is 4.74 Å². The van der Waals surface area contributed by atoms with Crippen LogP contribution in [0, 0.1) is 0 Å². The molecule has 0 aromatic rings. The lowest BCUT2D eigenvalue weighted by atomic mass is 10.1. The predicted molar refractivity (Wildman–Crippen MR) is 67.7 cm³/mol. The van der Waals surface area contributed by atoms with E-state index in [1.165, 1.54) is 13.0 Å². The first-order valence-electron chi connectivity index (χ1n) is 6.26. The highest BCUT2D eigenvalue weighted by Crippen LogP contribution is 2.19. The maximum absolute atomic E-state index is 11.6. The molecule has 3 atom stereocenters. The number of hydrogen-bond donors (Lipinski definition) is 0. The van der Waals surface area contributed by atoms with Crippen LogP contribution in [0.5, 0.6) is 0 Å². The topological polar surface area (TPSA) is 97.4 Å². The molecule has 118 valence electrons. The number of ether oxygens (including phenoxy) is 5. The van der Waals surface area contributed by atoms with Gasteiger partial charge in [0.25, 0.3) is 0 Å². The van der Waals surface area contributed by atoms with Gasteiger partial charge in [-0.15, -0.1) is 0 Å². The minimum Gasteiger partial charge on any atom is -0.463 e. The monoisotopic (exact) mass is 302 g/mol. The largest absolute Gasteiger partial charge is 0.463 e. The van der Waals surface area contributed by atoms with Crippen LogP contribution in [0.1, 0.15) is 20.8 Å². The van der Waals surface area contributed by atoms with Gasteiger partial charge >= 0.3 is 17.9 Å². The zero-order chi connectivity index (χ0) is 16.0. The Labute approximate surface area is 121 Å². The van der Waals surface area contributed by atoms with Crippen LogP contribution in [0.3, 0.4) is 0 Å². The van der Waals surface area contributed by atoms with Crippen LogP contribution >= 0.6 is 0 Å². The Kier molecular flexibility index (Phi) is 6.32. The third kappa shape index (κ3) is 5.52. The van der Waals surface area contributed by atoms with E-state index in [1.807, 2.05) is 0 Å². The van der Waals surface area contributed by atoms with Crippen molar-refractivity contribution < 1.29 is 38.1 Å². The first-order valence-corrected chi connectivity index (χ1v) is 6.26. The Morgan fingerprint density at radius 3 is 2.38 bits per heavy atom. The van der Waals surface area contributed by atoms with Crippen LogP contribution in [-0.2, 0) is 38.1 Å². The summed E-state index contributed by atoms with van der Waals surface area (Å²) in [6.45, 7) is 4.13. The molecule has 0 aliphatic carbocycles. The van der Waals surface area contributed by atoms with E-state index >= 15 is 0 Å². The number of hydrogen-bond acceptors (Lipinski definition) is 8. The molecule has 21 heavy (non-hydrogen) atoms. The average Bonchev–Trinajstić information content (AvgIpc) is 2.39. The number of carbonyl (C=O) groups is 3. The molecule has 0 radical (unpaired) electrons. The highest BCUT2D eigenvalue weighted by molar-refractivity contribution is 5.89. The normalized spacial score (nSPS) is 25.9. The second kappa shape index (κ2) is 7.75. The summed E-state index contributed by atoms with van der Waals surface area (Å²) in [7, 11) is 1.15. The molecule has 0 aromatic heterocycles. The second-order valence-corrected chi connectivity index (χ2v) is 4.27. The fraction of sp³-hybridized carbons (Fsp3) is 0.615. The summed E-state index contributed by atoms with van der Waals surface area (Å²) in [6.07, 6.45) is -0.880. The fourth-order valence-corrected chi connectivity index (χ4v) is 1.68. The lowest BCUT2D eigenvalue weighted by Gasteiger charge is -2.33. The summed E-state index contributed by atoms with van der Waals surface area (Å²) in [6, 6.07) is 0. The van der Waals surface area contributed by atoms with Crippen molar-refractivity contribution in [3.8, 4) is 0 Å². The molecule has 1 fully saturated rings. The van der Waals surface area contributed by atoms with Crippen molar-refractivity contribution in [3.05, 3.63) is 11.8 Å². The zero-order valence-corrected chi connectivity index (χ0v) is 12.3. The van der Waals surface area contributed by atoms with Crippen LogP contribution in [-0.4, -0.2) is 50.1 Å². The molecule has 0 spiro atoms. The molecule has 1 aliphatic heterocycles. The Balaban J connectivity index is 2.97. The molecule has 1 heterocycles. The van der Waals surface area contributed by atoms with Crippen LogP contribution in [0.15, 0.2) is 11.8 Å². The molecule has 8 heteroatoms. The van der Waals surface area contributed by atoms with E-state index < -0.39 is 36.4 Å². The fourth-order valence-electron chi connectivity index (χ4n) is 1.68. The molecule has 0 unspecified atom stereocenters. The van der Waals surface area contributed by atoms with Crippen molar-refractivity contribution in [1.82, 2.24) is 0 Å². The Bertz CT molecular complexity index is 441. The first kappa shape index (κ1) is 17.1. The van der Waals surface area contributed by atoms with E-state index in [-0.39, 0.29) is 12.4 Å². The first-order chi connectivity index (χ1) is 9.83. The van der Waals surface area contributed by atoms with Gasteiger partial charge in [0.15, 0.2) is 12.4 Å². The predicted octanol–water partition coefficient (Wildman–Crippen LogP) is 0.299. The van der Waals surface area contributed by atoms with Gasteiger partial charge in [-0.05, 0) is 13.0 Å². The highest BCUT2D eigenvalue weighted by Gasteiger charge is 2.33. The maximum Gasteiger partial charge on any atom is 0.373 e. The smallest absolute Gasteiger partial charge is 0.373 e. The average molecular weight is 302 g/mol. The van der Waals surface area contributed by atoms with Gasteiger partial charge in [0.05, 0.1) is 13.7 Å². The van der Waals surface area contributed by atoms with Crippen molar-refractivity contribution in [2.45, 2.75) is 39.3 Å². The van der Waals surface area contributed by atoms with E-state index in [1.54, 1.807) is 6.92 Å². The van der Waals surface area contributed by atoms with Gasteiger partial charge in [0.1, 0.15) is 6.10 Å².